The highest BCUT2D eigenvalue weighted by molar-refractivity contribution is 5.87. The van der Waals surface area contributed by atoms with Crippen LogP contribution in [0.5, 0.6) is 0 Å². The van der Waals surface area contributed by atoms with Crippen LogP contribution in [0.4, 0.5) is 18.4 Å². The molecule has 4 amide bonds. The third-order valence-electron chi connectivity index (χ3n) is 12.7. The summed E-state index contributed by atoms with van der Waals surface area (Å²) in [6.45, 7) is 8.33. The lowest BCUT2D eigenvalue weighted by atomic mass is 9.71. The van der Waals surface area contributed by atoms with E-state index in [4.69, 9.17) is 14.5 Å². The molecule has 0 bridgehead atoms. The van der Waals surface area contributed by atoms with Gasteiger partial charge in [0.2, 0.25) is 17.7 Å². The van der Waals surface area contributed by atoms with Crippen molar-refractivity contribution in [2.24, 2.45) is 17.3 Å². The number of carbonyl (C=O) groups is 4. The fourth-order valence-corrected chi connectivity index (χ4v) is 9.10. The van der Waals surface area contributed by atoms with E-state index >= 15 is 0 Å². The summed E-state index contributed by atoms with van der Waals surface area (Å²) in [4.78, 5) is 71.6. The van der Waals surface area contributed by atoms with Gasteiger partial charge in [0.25, 0.3) is 0 Å². The number of nitrogens with zero attached hydrogens (tertiary/aromatic N) is 4. The molecule has 14 nitrogen and oxygen atoms in total. The number of aromatic amines is 2. The number of ether oxygens (including phenoxy) is 2. The molecule has 3 aliphatic rings. The SMILES string of the molecule is COC(=O)N[C@H](C(=O)N1CCC[C@H]1c1ncc(-c2ccc(-c3ccc(-c4cnc([C@@H]5CC6(CCC(F)(F)CC6)CN5C(=O)[C@@H](NC(=O)OC)C(C)C)[nH]4)cc3)cc2)[nH]1)C(C)C. The molecule has 4 N–H and O–H groups in total. The molecule has 2 aromatic heterocycles. The number of likely N-dealkylation sites (tertiary alicyclic amines) is 2. The van der Waals surface area contributed by atoms with Gasteiger partial charge in [0.15, 0.2) is 0 Å². The molecular weight excluding hydrogens is 787 g/mol. The number of methoxy groups -OCH3 is 2. The minimum Gasteiger partial charge on any atom is -0.453 e. The number of halogens is 2. The van der Waals surface area contributed by atoms with E-state index in [0.717, 1.165) is 46.5 Å². The Morgan fingerprint density at radius 2 is 1.13 bits per heavy atom. The highest BCUT2D eigenvalue weighted by Crippen LogP contribution is 2.54. The summed E-state index contributed by atoms with van der Waals surface area (Å²) >= 11 is 0. The zero-order valence-electron chi connectivity index (χ0n) is 35.6. The van der Waals surface area contributed by atoms with Crippen molar-refractivity contribution < 1.29 is 37.4 Å². The Hall–Kier alpha value is -5.80. The first-order chi connectivity index (χ1) is 29.1. The number of carbonyl (C=O) groups excluding carboxylic acids is 4. The Kier molecular flexibility index (Phi) is 12.5. The normalized spacial score (nSPS) is 20.5. The largest absolute Gasteiger partial charge is 0.453 e. The van der Waals surface area contributed by atoms with Gasteiger partial charge in [-0.2, -0.15) is 0 Å². The maximum Gasteiger partial charge on any atom is 0.407 e. The molecule has 4 aromatic rings. The van der Waals surface area contributed by atoms with Crippen LogP contribution >= 0.6 is 0 Å². The molecule has 61 heavy (non-hydrogen) atoms. The number of H-pyrrole nitrogens is 2. The molecule has 16 heteroatoms. The van der Waals surface area contributed by atoms with E-state index in [1.165, 1.54) is 14.2 Å². The predicted molar refractivity (Wildman–Crippen MR) is 224 cm³/mol. The van der Waals surface area contributed by atoms with Crippen molar-refractivity contribution in [1.82, 2.24) is 40.4 Å². The van der Waals surface area contributed by atoms with Crippen LogP contribution in [0.3, 0.4) is 0 Å². The molecule has 3 fully saturated rings. The second kappa shape index (κ2) is 17.7. The predicted octanol–water partition coefficient (Wildman–Crippen LogP) is 8.03. The first-order valence-electron chi connectivity index (χ1n) is 21.1. The maximum atomic E-state index is 14.3. The van der Waals surface area contributed by atoms with Crippen molar-refractivity contribution in [1.29, 1.82) is 0 Å². The van der Waals surface area contributed by atoms with Crippen LogP contribution in [0.1, 0.15) is 96.4 Å². The van der Waals surface area contributed by atoms with E-state index in [1.807, 2.05) is 76.2 Å². The Morgan fingerprint density at radius 1 is 0.689 bits per heavy atom. The standard InChI is InChI=1S/C45H56F2N8O6/c1-26(2)36(52-42(58)60-5)40(56)54-21-7-8-34(54)38-48-23-32(50-38)30-13-9-28(10-14-30)29-11-15-31(16-12-29)33-24-49-39(51-33)35-22-44(17-19-45(46,47)20-18-44)25-55(35)41(57)37(27(3)4)53-43(59)61-6/h9-16,23-24,26-27,34-37H,7-8,17-22,25H2,1-6H3,(H,48,50)(H,49,51)(H,52,58)(H,53,59)/t34-,35-,36-,37-/m0/s1. The molecule has 2 aliphatic heterocycles. The zero-order valence-corrected chi connectivity index (χ0v) is 35.6. The second-order valence-electron chi connectivity index (χ2n) is 17.5. The van der Waals surface area contributed by atoms with Gasteiger partial charge >= 0.3 is 12.2 Å². The maximum absolute atomic E-state index is 14.3. The summed E-state index contributed by atoms with van der Waals surface area (Å²) in [5.74, 6) is -2.26. The Bertz CT molecular complexity index is 2190. The molecule has 4 heterocycles. The number of imidazole rings is 2. The van der Waals surface area contributed by atoms with E-state index in [2.05, 4.69) is 25.6 Å². The smallest absolute Gasteiger partial charge is 0.407 e. The molecule has 0 radical (unpaired) electrons. The summed E-state index contributed by atoms with van der Waals surface area (Å²) in [7, 11) is 2.52. The highest BCUT2D eigenvalue weighted by Gasteiger charge is 2.53. The lowest BCUT2D eigenvalue weighted by Gasteiger charge is -2.37. The van der Waals surface area contributed by atoms with E-state index in [9.17, 15) is 28.0 Å². The summed E-state index contributed by atoms with van der Waals surface area (Å²) in [5.41, 5.74) is 4.95. The molecule has 7 rings (SSSR count). The minimum absolute atomic E-state index is 0.124. The average molecular weight is 843 g/mol. The van der Waals surface area contributed by atoms with Crippen molar-refractivity contribution in [3.05, 3.63) is 72.6 Å². The van der Waals surface area contributed by atoms with Crippen LogP contribution in [0.25, 0.3) is 33.6 Å². The monoisotopic (exact) mass is 842 g/mol. The van der Waals surface area contributed by atoms with Crippen LogP contribution in [0.15, 0.2) is 60.9 Å². The lowest BCUT2D eigenvalue weighted by Crippen LogP contribution is -2.51. The van der Waals surface area contributed by atoms with Crippen LogP contribution in [-0.4, -0.2) is 99.1 Å². The molecule has 326 valence electrons. The topological polar surface area (TPSA) is 175 Å². The van der Waals surface area contributed by atoms with Gasteiger partial charge in [-0.25, -0.2) is 28.3 Å². The van der Waals surface area contributed by atoms with Gasteiger partial charge in [0, 0.05) is 25.9 Å². The van der Waals surface area contributed by atoms with Crippen molar-refractivity contribution >= 4 is 24.0 Å². The van der Waals surface area contributed by atoms with Gasteiger partial charge in [-0.05, 0) is 71.6 Å². The average Bonchev–Trinajstić information content (AvgIpc) is 4.09. The van der Waals surface area contributed by atoms with Gasteiger partial charge in [0.1, 0.15) is 23.7 Å². The van der Waals surface area contributed by atoms with Gasteiger partial charge in [-0.15, -0.1) is 0 Å². The Morgan fingerprint density at radius 3 is 1.59 bits per heavy atom. The van der Waals surface area contributed by atoms with E-state index in [0.29, 0.717) is 44.0 Å². The fraction of sp³-hybridized carbons (Fsp3) is 0.511. The first kappa shape index (κ1) is 43.3. The van der Waals surface area contributed by atoms with Crippen molar-refractivity contribution in [2.75, 3.05) is 27.3 Å². The number of amides is 4. The molecule has 2 aromatic carbocycles. The fourth-order valence-electron chi connectivity index (χ4n) is 9.10. The third-order valence-corrected chi connectivity index (χ3v) is 12.7. The molecule has 1 saturated carbocycles. The molecule has 1 spiro atoms. The number of alkyl halides is 2. The van der Waals surface area contributed by atoms with Crippen molar-refractivity contribution in [3.8, 4) is 33.6 Å². The molecule has 2 saturated heterocycles. The molecule has 4 atom stereocenters. The van der Waals surface area contributed by atoms with Crippen LogP contribution in [0, 0.1) is 17.3 Å². The van der Waals surface area contributed by atoms with Crippen LogP contribution in [0.2, 0.25) is 0 Å². The lowest BCUT2D eigenvalue weighted by molar-refractivity contribution is -0.136. The van der Waals surface area contributed by atoms with E-state index < -0.39 is 41.6 Å². The van der Waals surface area contributed by atoms with Crippen molar-refractivity contribution in [3.63, 3.8) is 0 Å². The summed E-state index contributed by atoms with van der Waals surface area (Å²) in [6, 6.07) is 13.9. The summed E-state index contributed by atoms with van der Waals surface area (Å²) in [5, 5.41) is 5.36. The van der Waals surface area contributed by atoms with Crippen molar-refractivity contribution in [2.45, 2.75) is 103 Å². The third kappa shape index (κ3) is 9.27. The van der Waals surface area contributed by atoms with Gasteiger partial charge < -0.3 is 39.9 Å². The number of benzene rings is 2. The number of hydrogen-bond acceptors (Lipinski definition) is 8. The van der Waals surface area contributed by atoms with Gasteiger partial charge in [-0.3, -0.25) is 9.59 Å². The number of nitrogens with one attached hydrogen (secondary N) is 4. The van der Waals surface area contributed by atoms with E-state index in [-0.39, 0.29) is 42.5 Å². The quantitative estimate of drug-likeness (QED) is 0.117. The molecule has 0 unspecified atom stereocenters. The van der Waals surface area contributed by atoms with Crippen LogP contribution < -0.4 is 10.6 Å². The first-order valence-corrected chi connectivity index (χ1v) is 21.1. The number of alkyl carbamates (subject to hydrolysis) is 2. The number of hydrogen-bond donors (Lipinski definition) is 4. The highest BCUT2D eigenvalue weighted by atomic mass is 19.3. The molecular formula is C45H56F2N8O6. The molecule has 1 aliphatic carbocycles. The number of aromatic nitrogens is 4. The number of rotatable bonds is 11. The van der Waals surface area contributed by atoms with E-state index in [1.54, 1.807) is 22.2 Å². The zero-order chi connectivity index (χ0) is 43.6. The summed E-state index contributed by atoms with van der Waals surface area (Å²) < 4.78 is 38.2. The Balaban J connectivity index is 1.04. The van der Waals surface area contributed by atoms with Crippen LogP contribution in [-0.2, 0) is 19.1 Å². The second-order valence-corrected chi connectivity index (χ2v) is 17.5. The Labute approximate surface area is 354 Å². The van der Waals surface area contributed by atoms with Gasteiger partial charge in [0.05, 0.1) is 50.1 Å². The minimum atomic E-state index is -2.71. The summed E-state index contributed by atoms with van der Waals surface area (Å²) in [6.07, 6.45) is 4.40. The van der Waals surface area contributed by atoms with Gasteiger partial charge in [-0.1, -0.05) is 76.2 Å².